The van der Waals surface area contributed by atoms with Crippen molar-refractivity contribution in [2.45, 2.75) is 25.5 Å². The molecule has 1 amide bonds. The van der Waals surface area contributed by atoms with Gasteiger partial charge in [0.25, 0.3) is 0 Å². The van der Waals surface area contributed by atoms with Gasteiger partial charge in [0.2, 0.25) is 5.91 Å². The number of aromatic nitrogens is 3. The van der Waals surface area contributed by atoms with Gasteiger partial charge in [0.1, 0.15) is 6.54 Å². The highest BCUT2D eigenvalue weighted by Gasteiger charge is 2.17. The Morgan fingerprint density at radius 3 is 2.96 bits per heavy atom. The topological polar surface area (TPSA) is 71.9 Å². The van der Waals surface area contributed by atoms with E-state index in [1.54, 1.807) is 16.7 Å². The number of halogens is 1. The number of benzene rings is 1. The summed E-state index contributed by atoms with van der Waals surface area (Å²) in [4.78, 5) is 12.2. The lowest BCUT2D eigenvalue weighted by Gasteiger charge is -2.12. The van der Waals surface area contributed by atoms with E-state index < -0.39 is 0 Å². The SMILES string of the molecule is O=C(Cn1c(-c2ccc(Cl)cc2)n[nH]c1=S)NC[C@@H]1CCCO1. The summed E-state index contributed by atoms with van der Waals surface area (Å²) in [5, 5.41) is 10.5. The molecule has 1 aliphatic heterocycles. The van der Waals surface area contributed by atoms with Crippen molar-refractivity contribution in [3.05, 3.63) is 34.1 Å². The summed E-state index contributed by atoms with van der Waals surface area (Å²) in [6.45, 7) is 1.41. The molecule has 0 aliphatic carbocycles. The predicted molar refractivity (Wildman–Crippen MR) is 89.8 cm³/mol. The first kappa shape index (κ1) is 16.2. The molecule has 8 heteroatoms. The molecule has 0 radical (unpaired) electrons. The van der Waals surface area contributed by atoms with Gasteiger partial charge in [-0.1, -0.05) is 11.6 Å². The van der Waals surface area contributed by atoms with E-state index >= 15 is 0 Å². The third kappa shape index (κ3) is 3.99. The van der Waals surface area contributed by atoms with Crippen LogP contribution in [-0.4, -0.2) is 39.9 Å². The molecule has 1 fully saturated rings. The molecule has 0 spiro atoms. The van der Waals surface area contributed by atoms with E-state index in [0.717, 1.165) is 25.0 Å². The van der Waals surface area contributed by atoms with Crippen LogP contribution in [0.3, 0.4) is 0 Å². The Balaban J connectivity index is 1.69. The second kappa shape index (κ2) is 7.25. The molecule has 1 aliphatic rings. The maximum atomic E-state index is 12.2. The maximum absolute atomic E-state index is 12.2. The first-order valence-corrected chi connectivity index (χ1v) is 8.21. The quantitative estimate of drug-likeness (QED) is 0.811. The highest BCUT2D eigenvalue weighted by atomic mass is 35.5. The highest BCUT2D eigenvalue weighted by Crippen LogP contribution is 2.20. The van der Waals surface area contributed by atoms with Crippen molar-refractivity contribution in [3.8, 4) is 11.4 Å². The van der Waals surface area contributed by atoms with Gasteiger partial charge in [0.05, 0.1) is 6.10 Å². The summed E-state index contributed by atoms with van der Waals surface area (Å²) in [5.41, 5.74) is 0.841. The summed E-state index contributed by atoms with van der Waals surface area (Å²) in [5.74, 6) is 0.493. The zero-order chi connectivity index (χ0) is 16.2. The Labute approximate surface area is 143 Å². The number of carbonyl (C=O) groups is 1. The van der Waals surface area contributed by atoms with E-state index in [1.165, 1.54) is 0 Å². The summed E-state index contributed by atoms with van der Waals surface area (Å²) in [6, 6.07) is 7.23. The Hall–Kier alpha value is -1.70. The van der Waals surface area contributed by atoms with Crippen molar-refractivity contribution in [1.29, 1.82) is 0 Å². The van der Waals surface area contributed by atoms with Crippen LogP contribution in [0.15, 0.2) is 24.3 Å². The fraction of sp³-hybridized carbons (Fsp3) is 0.400. The normalized spacial score (nSPS) is 17.3. The average Bonchev–Trinajstić information content (AvgIpc) is 3.17. The number of carbonyl (C=O) groups excluding carboxylic acids is 1. The van der Waals surface area contributed by atoms with Crippen LogP contribution in [0.4, 0.5) is 0 Å². The number of ether oxygens (including phenoxy) is 1. The van der Waals surface area contributed by atoms with Crippen LogP contribution in [0.25, 0.3) is 11.4 Å². The van der Waals surface area contributed by atoms with Crippen LogP contribution in [0.2, 0.25) is 5.02 Å². The molecule has 0 unspecified atom stereocenters. The van der Waals surface area contributed by atoms with E-state index in [4.69, 9.17) is 28.6 Å². The van der Waals surface area contributed by atoms with Gasteiger partial charge >= 0.3 is 0 Å². The molecule has 6 nitrogen and oxygen atoms in total. The van der Waals surface area contributed by atoms with Crippen LogP contribution < -0.4 is 5.32 Å². The van der Waals surface area contributed by atoms with Gasteiger partial charge in [-0.3, -0.25) is 14.5 Å². The fourth-order valence-corrected chi connectivity index (χ4v) is 2.84. The lowest BCUT2D eigenvalue weighted by Crippen LogP contribution is -2.34. The largest absolute Gasteiger partial charge is 0.376 e. The first-order chi connectivity index (χ1) is 11.1. The summed E-state index contributed by atoms with van der Waals surface area (Å²) in [6.07, 6.45) is 2.15. The summed E-state index contributed by atoms with van der Waals surface area (Å²) in [7, 11) is 0. The van der Waals surface area contributed by atoms with Gasteiger partial charge < -0.3 is 10.1 Å². The third-order valence-corrected chi connectivity index (χ3v) is 4.28. The second-order valence-corrected chi connectivity index (χ2v) is 6.21. The number of H-pyrrole nitrogens is 1. The van der Waals surface area contributed by atoms with Crippen molar-refractivity contribution >= 4 is 29.7 Å². The van der Waals surface area contributed by atoms with Crippen molar-refractivity contribution in [2.75, 3.05) is 13.2 Å². The standard InChI is InChI=1S/C15H17ClN4O2S/c16-11-5-3-10(4-6-11)14-18-19-15(23)20(14)9-13(21)17-8-12-2-1-7-22-12/h3-6,12H,1-2,7-9H2,(H,17,21)(H,19,23)/t12-/m0/s1. The minimum atomic E-state index is -0.117. The van der Waals surface area contributed by atoms with Gasteiger partial charge in [-0.25, -0.2) is 0 Å². The lowest BCUT2D eigenvalue weighted by molar-refractivity contribution is -0.122. The Morgan fingerprint density at radius 2 is 2.26 bits per heavy atom. The van der Waals surface area contributed by atoms with Crippen LogP contribution in [0, 0.1) is 4.77 Å². The van der Waals surface area contributed by atoms with Crippen molar-refractivity contribution in [1.82, 2.24) is 20.1 Å². The van der Waals surface area contributed by atoms with Crippen molar-refractivity contribution in [3.63, 3.8) is 0 Å². The molecule has 0 bridgehead atoms. The van der Waals surface area contributed by atoms with E-state index in [0.29, 0.717) is 22.2 Å². The lowest BCUT2D eigenvalue weighted by atomic mass is 10.2. The Morgan fingerprint density at radius 1 is 1.48 bits per heavy atom. The highest BCUT2D eigenvalue weighted by molar-refractivity contribution is 7.71. The molecular weight excluding hydrogens is 336 g/mol. The first-order valence-electron chi connectivity index (χ1n) is 7.43. The number of hydrogen-bond donors (Lipinski definition) is 2. The van der Waals surface area contributed by atoms with Gasteiger partial charge in [0, 0.05) is 23.7 Å². The van der Waals surface area contributed by atoms with Gasteiger partial charge in [-0.05, 0) is 49.3 Å². The number of nitrogens with one attached hydrogen (secondary N) is 2. The molecule has 1 saturated heterocycles. The van der Waals surface area contributed by atoms with Crippen LogP contribution in [-0.2, 0) is 16.1 Å². The molecule has 2 heterocycles. The summed E-state index contributed by atoms with van der Waals surface area (Å²) >= 11 is 11.1. The molecule has 1 aromatic carbocycles. The molecule has 23 heavy (non-hydrogen) atoms. The number of rotatable bonds is 5. The van der Waals surface area contributed by atoms with Crippen LogP contribution >= 0.6 is 23.8 Å². The number of amides is 1. The van der Waals surface area contributed by atoms with E-state index in [-0.39, 0.29) is 18.6 Å². The Bertz CT molecular complexity index is 735. The molecule has 0 saturated carbocycles. The molecule has 3 rings (SSSR count). The molecule has 2 N–H and O–H groups in total. The molecule has 122 valence electrons. The third-order valence-electron chi connectivity index (χ3n) is 3.71. The number of aromatic amines is 1. The van der Waals surface area contributed by atoms with E-state index in [9.17, 15) is 4.79 Å². The average molecular weight is 353 g/mol. The van der Waals surface area contributed by atoms with Crippen molar-refractivity contribution in [2.24, 2.45) is 0 Å². The zero-order valence-corrected chi connectivity index (χ0v) is 14.0. The minimum Gasteiger partial charge on any atom is -0.376 e. The van der Waals surface area contributed by atoms with Gasteiger partial charge in [0.15, 0.2) is 10.6 Å². The molecular formula is C15H17ClN4O2S. The fourth-order valence-electron chi connectivity index (χ4n) is 2.52. The second-order valence-electron chi connectivity index (χ2n) is 5.38. The van der Waals surface area contributed by atoms with Crippen LogP contribution in [0.1, 0.15) is 12.8 Å². The Kier molecular flexibility index (Phi) is 5.09. The monoisotopic (exact) mass is 352 g/mol. The molecule has 1 aromatic heterocycles. The minimum absolute atomic E-state index is 0.111. The molecule has 1 atom stereocenters. The zero-order valence-electron chi connectivity index (χ0n) is 12.4. The maximum Gasteiger partial charge on any atom is 0.240 e. The van der Waals surface area contributed by atoms with Crippen LogP contribution in [0.5, 0.6) is 0 Å². The number of nitrogens with zero attached hydrogens (tertiary/aromatic N) is 2. The summed E-state index contributed by atoms with van der Waals surface area (Å²) < 4.78 is 7.57. The van der Waals surface area contributed by atoms with E-state index in [1.807, 2.05) is 12.1 Å². The van der Waals surface area contributed by atoms with Crippen molar-refractivity contribution < 1.29 is 9.53 Å². The smallest absolute Gasteiger partial charge is 0.240 e. The predicted octanol–water partition coefficient (Wildman–Crippen LogP) is 2.56. The van der Waals surface area contributed by atoms with E-state index in [2.05, 4.69) is 15.5 Å². The molecule has 2 aromatic rings. The van der Waals surface area contributed by atoms with Gasteiger partial charge in [-0.15, -0.1) is 0 Å². The van der Waals surface area contributed by atoms with Gasteiger partial charge in [-0.2, -0.15) is 5.10 Å². The number of hydrogen-bond acceptors (Lipinski definition) is 4.